The molecule has 6 nitrogen and oxygen atoms in total. The van der Waals surface area contributed by atoms with Gasteiger partial charge in [0.15, 0.2) is 0 Å². The molecule has 1 unspecified atom stereocenters. The first kappa shape index (κ1) is 22.1. The monoisotopic (exact) mass is 442 g/mol. The molecule has 1 saturated heterocycles. The smallest absolute Gasteiger partial charge is 0.481 e. The molecule has 0 saturated carbocycles. The molecule has 2 aromatic rings. The summed E-state index contributed by atoms with van der Waals surface area (Å²) in [5.74, 6) is -1.23. The lowest BCUT2D eigenvalue weighted by Crippen LogP contribution is -2.52. The van der Waals surface area contributed by atoms with Crippen LogP contribution < -0.4 is 9.64 Å². The number of carboxylic acid groups (broad SMARTS) is 1. The molecule has 1 N–H and O–H groups in total. The molecule has 162 valence electrons. The van der Waals surface area contributed by atoms with E-state index in [2.05, 4.69) is 4.74 Å². The summed E-state index contributed by atoms with van der Waals surface area (Å²) in [6.07, 6.45) is -4.87. The molecule has 0 aromatic heterocycles. The number of piperazine rings is 1. The molecule has 2 aromatic carbocycles. The fraction of sp³-hybridized carbons (Fsp3) is 0.350. The Morgan fingerprint density at radius 3 is 2.50 bits per heavy atom. The van der Waals surface area contributed by atoms with Gasteiger partial charge in [-0.2, -0.15) is 0 Å². The average molecular weight is 442 g/mol. The van der Waals surface area contributed by atoms with Crippen LogP contribution in [0.25, 0.3) is 0 Å². The van der Waals surface area contributed by atoms with Crippen molar-refractivity contribution >= 4 is 22.6 Å². The number of carboxylic acids is 1. The zero-order valence-corrected chi connectivity index (χ0v) is 16.9. The highest BCUT2D eigenvalue weighted by Gasteiger charge is 2.31. The quantitative estimate of drug-likeness (QED) is 0.742. The van der Waals surface area contributed by atoms with Gasteiger partial charge in [-0.25, -0.2) is 8.51 Å². The Morgan fingerprint density at radius 1 is 1.20 bits per heavy atom. The Labute approximate surface area is 174 Å². The highest BCUT2D eigenvalue weighted by molar-refractivity contribution is 7.82. The van der Waals surface area contributed by atoms with Crippen LogP contribution in [0, 0.1) is 0 Å². The van der Waals surface area contributed by atoms with Crippen molar-refractivity contribution in [1.29, 1.82) is 0 Å². The van der Waals surface area contributed by atoms with E-state index in [9.17, 15) is 22.2 Å². The Hall–Kier alpha value is -2.59. The number of nitrogens with zero attached hydrogens (tertiary/aromatic N) is 2. The lowest BCUT2D eigenvalue weighted by Gasteiger charge is -2.40. The fourth-order valence-electron chi connectivity index (χ4n) is 3.39. The number of benzene rings is 2. The number of ether oxygens (including phenoxy) is 1. The van der Waals surface area contributed by atoms with Gasteiger partial charge in [-0.3, -0.25) is 4.79 Å². The van der Waals surface area contributed by atoms with Crippen LogP contribution in [-0.2, 0) is 22.2 Å². The van der Waals surface area contributed by atoms with Crippen molar-refractivity contribution in [2.75, 3.05) is 24.5 Å². The molecule has 1 heterocycles. The van der Waals surface area contributed by atoms with E-state index >= 15 is 0 Å². The molecule has 0 radical (unpaired) electrons. The molecule has 1 aliphatic heterocycles. The second-order valence-electron chi connectivity index (χ2n) is 6.94. The van der Waals surface area contributed by atoms with Crippen LogP contribution in [0.2, 0.25) is 0 Å². The summed E-state index contributed by atoms with van der Waals surface area (Å²) >= 11 is 0. The minimum atomic E-state index is -4.73. The van der Waals surface area contributed by atoms with Crippen LogP contribution in [0.4, 0.5) is 18.9 Å². The van der Waals surface area contributed by atoms with Crippen LogP contribution in [0.3, 0.4) is 0 Å². The van der Waals surface area contributed by atoms with Gasteiger partial charge in [-0.15, -0.1) is 13.2 Å². The van der Waals surface area contributed by atoms with E-state index in [4.69, 9.17) is 5.11 Å². The number of anilines is 1. The van der Waals surface area contributed by atoms with Crippen LogP contribution >= 0.6 is 0 Å². The van der Waals surface area contributed by atoms with Crippen LogP contribution in [0.5, 0.6) is 5.75 Å². The van der Waals surface area contributed by atoms with Gasteiger partial charge in [0.25, 0.3) is 0 Å². The van der Waals surface area contributed by atoms with Crippen molar-refractivity contribution in [2.45, 2.75) is 30.6 Å². The molecular weight excluding hydrogens is 421 g/mol. The van der Waals surface area contributed by atoms with Gasteiger partial charge in [-0.05, 0) is 48.9 Å². The van der Waals surface area contributed by atoms with Crippen LogP contribution in [0.1, 0.15) is 12.5 Å². The number of rotatable bonds is 6. The summed E-state index contributed by atoms with van der Waals surface area (Å²) < 4.78 is 55.6. The third-order valence-corrected chi connectivity index (χ3v) is 6.14. The summed E-state index contributed by atoms with van der Waals surface area (Å²) in [5, 5.41) is 8.93. The minimum absolute atomic E-state index is 0.0284. The number of hydrogen-bond donors (Lipinski definition) is 1. The number of carbonyl (C=O) groups is 1. The van der Waals surface area contributed by atoms with E-state index in [1.54, 1.807) is 36.4 Å². The standard InChI is InChI=1S/C20H21F3N2O4S/c1-14-13-24(30(28)18-4-2-3-15(11-18)12-19(26)27)9-10-25(14)16-5-7-17(8-6-16)29-20(21,22)23/h2-8,11,14H,9-10,12-13H2,1H3,(H,26,27)/t14-,30?/m1/s1. The predicted octanol–water partition coefficient (Wildman–Crippen LogP) is 3.45. The molecule has 0 amide bonds. The Balaban J connectivity index is 1.65. The lowest BCUT2D eigenvalue weighted by molar-refractivity contribution is -0.274. The van der Waals surface area contributed by atoms with E-state index in [0.29, 0.717) is 30.1 Å². The van der Waals surface area contributed by atoms with E-state index in [1.807, 2.05) is 16.1 Å². The maximum atomic E-state index is 13.0. The molecule has 1 fully saturated rings. The number of alkyl halides is 3. The number of halogens is 3. The van der Waals surface area contributed by atoms with Crippen molar-refractivity contribution in [3.63, 3.8) is 0 Å². The van der Waals surface area contributed by atoms with Gasteiger partial charge in [0.05, 0.1) is 11.3 Å². The average Bonchev–Trinajstić information content (AvgIpc) is 2.66. The molecule has 2 atom stereocenters. The van der Waals surface area contributed by atoms with Gasteiger partial charge < -0.3 is 14.7 Å². The molecule has 10 heteroatoms. The second-order valence-corrected chi connectivity index (χ2v) is 8.43. The second kappa shape index (κ2) is 9.05. The molecular formula is C20H21F3N2O4S. The number of hydrogen-bond acceptors (Lipinski definition) is 4. The lowest BCUT2D eigenvalue weighted by atomic mass is 10.1. The van der Waals surface area contributed by atoms with E-state index < -0.39 is 23.3 Å². The first-order chi connectivity index (χ1) is 14.1. The zero-order chi connectivity index (χ0) is 21.9. The third-order valence-electron chi connectivity index (χ3n) is 4.68. The van der Waals surface area contributed by atoms with Gasteiger partial charge in [0.1, 0.15) is 16.7 Å². The molecule has 3 rings (SSSR count). The topological polar surface area (TPSA) is 70.1 Å². The van der Waals surface area contributed by atoms with E-state index in [-0.39, 0.29) is 18.2 Å². The predicted molar refractivity (Wildman–Crippen MR) is 106 cm³/mol. The van der Waals surface area contributed by atoms with Gasteiger partial charge in [0.2, 0.25) is 0 Å². The molecule has 0 bridgehead atoms. The normalized spacial score (nSPS) is 18.8. The summed E-state index contributed by atoms with van der Waals surface area (Å²) in [6.45, 7) is 3.46. The van der Waals surface area contributed by atoms with E-state index in [1.165, 1.54) is 12.1 Å². The largest absolute Gasteiger partial charge is 0.573 e. The van der Waals surface area contributed by atoms with Gasteiger partial charge >= 0.3 is 12.3 Å². The highest BCUT2D eigenvalue weighted by Crippen LogP contribution is 2.28. The van der Waals surface area contributed by atoms with Gasteiger partial charge in [-0.1, -0.05) is 12.1 Å². The molecule has 0 spiro atoms. The number of aliphatic carboxylic acids is 1. The summed E-state index contributed by atoms with van der Waals surface area (Å²) in [5.41, 5.74) is 1.34. The maximum Gasteiger partial charge on any atom is 0.573 e. The zero-order valence-electron chi connectivity index (χ0n) is 16.1. The summed E-state index contributed by atoms with van der Waals surface area (Å²) in [6, 6.07) is 12.4. The molecule has 0 aliphatic carbocycles. The maximum absolute atomic E-state index is 13.0. The molecule has 1 aliphatic rings. The SMILES string of the molecule is C[C@@H]1CN(S(=O)c2cccc(CC(=O)O)c2)CCN1c1ccc(OC(F)(F)F)cc1. The van der Waals surface area contributed by atoms with Crippen molar-refractivity contribution in [2.24, 2.45) is 0 Å². The van der Waals surface area contributed by atoms with Crippen molar-refractivity contribution in [1.82, 2.24) is 4.31 Å². The third kappa shape index (κ3) is 5.73. The Kier molecular flexibility index (Phi) is 6.67. The van der Waals surface area contributed by atoms with Crippen molar-refractivity contribution < 1.29 is 32.0 Å². The summed E-state index contributed by atoms with van der Waals surface area (Å²) in [7, 11) is -1.43. The van der Waals surface area contributed by atoms with Gasteiger partial charge in [0, 0.05) is 31.4 Å². The first-order valence-electron chi connectivity index (χ1n) is 9.22. The van der Waals surface area contributed by atoms with Crippen LogP contribution in [0.15, 0.2) is 53.4 Å². The fourth-order valence-corrected chi connectivity index (χ4v) is 4.73. The van der Waals surface area contributed by atoms with Crippen molar-refractivity contribution in [3.05, 3.63) is 54.1 Å². The van der Waals surface area contributed by atoms with Crippen LogP contribution in [-0.4, -0.2) is 51.6 Å². The highest BCUT2D eigenvalue weighted by atomic mass is 32.2. The minimum Gasteiger partial charge on any atom is -0.481 e. The first-order valence-corrected chi connectivity index (χ1v) is 10.3. The Bertz CT molecular complexity index is 921. The Morgan fingerprint density at radius 2 is 1.90 bits per heavy atom. The molecule has 30 heavy (non-hydrogen) atoms. The van der Waals surface area contributed by atoms with Crippen molar-refractivity contribution in [3.8, 4) is 5.75 Å². The summed E-state index contributed by atoms with van der Waals surface area (Å²) in [4.78, 5) is 13.5. The van der Waals surface area contributed by atoms with E-state index in [0.717, 1.165) is 5.69 Å².